The van der Waals surface area contributed by atoms with E-state index in [9.17, 15) is 5.11 Å². The first-order valence-corrected chi connectivity index (χ1v) is 3.61. The van der Waals surface area contributed by atoms with E-state index in [-0.39, 0.29) is 6.10 Å². The number of hydrogen-bond donors (Lipinski definition) is 1. The topological polar surface area (TPSA) is 44.0 Å². The molecule has 1 atom stereocenters. The molecule has 1 aliphatic carbocycles. The van der Waals surface area contributed by atoms with Crippen molar-refractivity contribution in [2.75, 3.05) is 0 Å². The summed E-state index contributed by atoms with van der Waals surface area (Å²) in [5.41, 5.74) is 0.911. The predicted octanol–water partition coefficient (Wildman–Crippen LogP) is 1.37. The molecule has 1 rings (SSSR count). The largest absolute Gasteiger partial charge is 0.389 e. The summed E-state index contributed by atoms with van der Waals surface area (Å²) in [5.74, 6) is 0. The molecule has 0 amide bonds. The van der Waals surface area contributed by atoms with Gasteiger partial charge in [-0.05, 0) is 24.8 Å². The fourth-order valence-electron chi connectivity index (χ4n) is 1.27. The second kappa shape index (κ2) is 3.38. The number of nitrogens with zero attached hydrogens (tertiary/aromatic N) is 1. The van der Waals surface area contributed by atoms with Crippen LogP contribution < -0.4 is 0 Å². The molecule has 0 aliphatic heterocycles. The van der Waals surface area contributed by atoms with Gasteiger partial charge in [-0.1, -0.05) is 6.42 Å². The molecule has 10 heavy (non-hydrogen) atoms. The van der Waals surface area contributed by atoms with Crippen LogP contribution in [0.5, 0.6) is 0 Å². The first-order chi connectivity index (χ1) is 4.84. The van der Waals surface area contributed by atoms with Gasteiger partial charge in [-0.3, -0.25) is 0 Å². The molecule has 0 aromatic heterocycles. The number of nitriles is 1. The van der Waals surface area contributed by atoms with Crippen LogP contribution in [0, 0.1) is 11.3 Å². The third-order valence-electron chi connectivity index (χ3n) is 1.87. The molecule has 1 aliphatic rings. The summed E-state index contributed by atoms with van der Waals surface area (Å²) in [6, 6.07) is 1.95. The number of aliphatic hydroxyl groups excluding tert-OH is 1. The van der Waals surface area contributed by atoms with E-state index in [2.05, 4.69) is 0 Å². The lowest BCUT2D eigenvalue weighted by Crippen LogP contribution is -2.14. The van der Waals surface area contributed by atoms with Crippen molar-refractivity contribution in [3.8, 4) is 6.07 Å². The average molecular weight is 137 g/mol. The Morgan fingerprint density at radius 2 is 2.40 bits per heavy atom. The number of rotatable bonds is 0. The van der Waals surface area contributed by atoms with Gasteiger partial charge in [-0.2, -0.15) is 5.26 Å². The highest BCUT2D eigenvalue weighted by atomic mass is 16.3. The van der Waals surface area contributed by atoms with E-state index in [0.717, 1.165) is 31.3 Å². The normalized spacial score (nSPS) is 30.0. The van der Waals surface area contributed by atoms with E-state index < -0.39 is 0 Å². The van der Waals surface area contributed by atoms with Crippen LogP contribution in [0.4, 0.5) is 0 Å². The Morgan fingerprint density at radius 3 is 3.00 bits per heavy atom. The standard InChI is InChI=1S/C8H11NO/c9-6-5-7-3-1-2-4-8(7)10/h5,8,10H,1-4H2/b7-5-/t8-/m1/s1. The van der Waals surface area contributed by atoms with Crippen molar-refractivity contribution in [3.05, 3.63) is 11.6 Å². The van der Waals surface area contributed by atoms with Crippen LogP contribution in [0.1, 0.15) is 25.7 Å². The number of aliphatic hydroxyl groups is 1. The maximum Gasteiger partial charge on any atom is 0.0912 e. The lowest BCUT2D eigenvalue weighted by Gasteiger charge is -2.18. The third-order valence-corrected chi connectivity index (χ3v) is 1.87. The van der Waals surface area contributed by atoms with Crippen molar-refractivity contribution in [2.24, 2.45) is 0 Å². The van der Waals surface area contributed by atoms with Gasteiger partial charge < -0.3 is 5.11 Å². The van der Waals surface area contributed by atoms with Gasteiger partial charge in [0, 0.05) is 6.08 Å². The Morgan fingerprint density at radius 1 is 1.60 bits per heavy atom. The highest BCUT2D eigenvalue weighted by molar-refractivity contribution is 5.18. The second-order valence-electron chi connectivity index (χ2n) is 2.61. The van der Waals surface area contributed by atoms with Gasteiger partial charge in [0.25, 0.3) is 0 Å². The highest BCUT2D eigenvalue weighted by Gasteiger charge is 2.14. The molecule has 0 heterocycles. The molecule has 0 aromatic rings. The minimum absolute atomic E-state index is 0.339. The minimum Gasteiger partial charge on any atom is -0.389 e. The Labute approximate surface area is 60.8 Å². The first kappa shape index (κ1) is 7.30. The zero-order valence-corrected chi connectivity index (χ0v) is 5.88. The molecule has 0 spiro atoms. The minimum atomic E-state index is -0.339. The monoisotopic (exact) mass is 137 g/mol. The fourth-order valence-corrected chi connectivity index (χ4v) is 1.27. The van der Waals surface area contributed by atoms with E-state index in [0.29, 0.717) is 0 Å². The lowest BCUT2D eigenvalue weighted by atomic mass is 9.92. The highest BCUT2D eigenvalue weighted by Crippen LogP contribution is 2.22. The molecule has 0 aromatic carbocycles. The van der Waals surface area contributed by atoms with Crippen LogP contribution >= 0.6 is 0 Å². The molecule has 0 unspecified atom stereocenters. The van der Waals surface area contributed by atoms with Gasteiger partial charge in [0.1, 0.15) is 0 Å². The smallest absolute Gasteiger partial charge is 0.0912 e. The van der Waals surface area contributed by atoms with Crippen molar-refractivity contribution < 1.29 is 5.11 Å². The predicted molar refractivity (Wildman–Crippen MR) is 38.2 cm³/mol. The van der Waals surface area contributed by atoms with E-state index >= 15 is 0 Å². The molecule has 0 saturated heterocycles. The molecular formula is C8H11NO. The quantitative estimate of drug-likeness (QED) is 0.512. The van der Waals surface area contributed by atoms with Crippen LogP contribution in [0.15, 0.2) is 11.6 Å². The molecule has 2 nitrogen and oxygen atoms in total. The molecule has 1 N–H and O–H groups in total. The maximum absolute atomic E-state index is 9.28. The van der Waals surface area contributed by atoms with E-state index in [1.165, 1.54) is 6.08 Å². The summed E-state index contributed by atoms with van der Waals surface area (Å²) in [6.07, 6.45) is 5.06. The molecule has 1 saturated carbocycles. The second-order valence-corrected chi connectivity index (χ2v) is 2.61. The van der Waals surface area contributed by atoms with Crippen molar-refractivity contribution in [2.45, 2.75) is 31.8 Å². The van der Waals surface area contributed by atoms with Crippen LogP contribution in [0.3, 0.4) is 0 Å². The van der Waals surface area contributed by atoms with Crippen molar-refractivity contribution in [3.63, 3.8) is 0 Å². The van der Waals surface area contributed by atoms with Crippen LogP contribution in [-0.2, 0) is 0 Å². The Bertz CT molecular complexity index is 178. The van der Waals surface area contributed by atoms with Gasteiger partial charge in [0.15, 0.2) is 0 Å². The van der Waals surface area contributed by atoms with Crippen molar-refractivity contribution >= 4 is 0 Å². The Balaban J connectivity index is 2.58. The summed E-state index contributed by atoms with van der Waals surface area (Å²) in [6.45, 7) is 0. The summed E-state index contributed by atoms with van der Waals surface area (Å²) >= 11 is 0. The van der Waals surface area contributed by atoms with Crippen LogP contribution in [0.2, 0.25) is 0 Å². The summed E-state index contributed by atoms with van der Waals surface area (Å²) in [7, 11) is 0. The first-order valence-electron chi connectivity index (χ1n) is 3.61. The van der Waals surface area contributed by atoms with Crippen molar-refractivity contribution in [1.82, 2.24) is 0 Å². The van der Waals surface area contributed by atoms with E-state index in [1.54, 1.807) is 0 Å². The van der Waals surface area contributed by atoms with E-state index in [1.807, 2.05) is 6.07 Å². The molecule has 54 valence electrons. The van der Waals surface area contributed by atoms with Crippen LogP contribution in [-0.4, -0.2) is 11.2 Å². The molecular weight excluding hydrogens is 126 g/mol. The lowest BCUT2D eigenvalue weighted by molar-refractivity contribution is 0.178. The molecule has 0 bridgehead atoms. The van der Waals surface area contributed by atoms with Crippen molar-refractivity contribution in [1.29, 1.82) is 5.26 Å². The SMILES string of the molecule is N#C/C=C1/CCCC[C@H]1O. The summed E-state index contributed by atoms with van der Waals surface area (Å²) in [5, 5.41) is 17.6. The zero-order chi connectivity index (χ0) is 7.40. The van der Waals surface area contributed by atoms with E-state index in [4.69, 9.17) is 5.26 Å². The average Bonchev–Trinajstić information content (AvgIpc) is 1.94. The number of hydrogen-bond acceptors (Lipinski definition) is 2. The number of allylic oxidation sites excluding steroid dienone is 1. The van der Waals surface area contributed by atoms with Gasteiger partial charge in [0.05, 0.1) is 12.2 Å². The summed E-state index contributed by atoms with van der Waals surface area (Å²) in [4.78, 5) is 0. The summed E-state index contributed by atoms with van der Waals surface area (Å²) < 4.78 is 0. The van der Waals surface area contributed by atoms with Gasteiger partial charge in [0.2, 0.25) is 0 Å². The molecule has 0 radical (unpaired) electrons. The zero-order valence-electron chi connectivity index (χ0n) is 5.88. The third kappa shape index (κ3) is 1.58. The van der Waals surface area contributed by atoms with Gasteiger partial charge >= 0.3 is 0 Å². The van der Waals surface area contributed by atoms with Gasteiger partial charge in [-0.15, -0.1) is 0 Å². The molecule has 1 fully saturated rings. The van der Waals surface area contributed by atoms with Gasteiger partial charge in [-0.25, -0.2) is 0 Å². The van der Waals surface area contributed by atoms with Crippen LogP contribution in [0.25, 0.3) is 0 Å². The Hall–Kier alpha value is -0.810. The Kier molecular flexibility index (Phi) is 2.47. The fraction of sp³-hybridized carbons (Fsp3) is 0.625. The molecule has 2 heteroatoms. The maximum atomic E-state index is 9.28.